The van der Waals surface area contributed by atoms with Crippen molar-refractivity contribution < 1.29 is 9.59 Å². The first-order valence-corrected chi connectivity index (χ1v) is 11.8. The summed E-state index contributed by atoms with van der Waals surface area (Å²) in [4.78, 5) is 41.9. The lowest BCUT2D eigenvalue weighted by molar-refractivity contribution is -0.115. The molecule has 2 heterocycles. The molecular formula is C23H21N5O3S2. The molecule has 0 fully saturated rings. The van der Waals surface area contributed by atoms with Crippen LogP contribution in [-0.2, 0) is 9.59 Å². The molecule has 4 N–H and O–H groups in total. The van der Waals surface area contributed by atoms with E-state index in [9.17, 15) is 14.4 Å². The molecule has 0 spiro atoms. The Morgan fingerprint density at radius 1 is 1.06 bits per heavy atom. The van der Waals surface area contributed by atoms with Crippen LogP contribution in [0, 0.1) is 0 Å². The molecule has 1 atom stereocenters. The number of benzene rings is 2. The van der Waals surface area contributed by atoms with E-state index >= 15 is 0 Å². The van der Waals surface area contributed by atoms with Gasteiger partial charge in [0.05, 0.1) is 10.6 Å². The Balaban J connectivity index is 1.52. The van der Waals surface area contributed by atoms with Gasteiger partial charge in [-0.25, -0.2) is 9.66 Å². The van der Waals surface area contributed by atoms with E-state index in [0.29, 0.717) is 21.6 Å². The summed E-state index contributed by atoms with van der Waals surface area (Å²) in [6, 6.07) is 16.4. The molecule has 2 aromatic carbocycles. The van der Waals surface area contributed by atoms with Crippen molar-refractivity contribution in [2.45, 2.75) is 24.3 Å². The molecule has 168 valence electrons. The van der Waals surface area contributed by atoms with Crippen molar-refractivity contribution in [3.8, 4) is 11.1 Å². The van der Waals surface area contributed by atoms with Gasteiger partial charge in [0.15, 0.2) is 5.16 Å². The van der Waals surface area contributed by atoms with Gasteiger partial charge in [-0.2, -0.15) is 0 Å². The fourth-order valence-corrected chi connectivity index (χ4v) is 5.01. The molecule has 0 saturated heterocycles. The number of nitrogens with one attached hydrogen (secondary N) is 2. The van der Waals surface area contributed by atoms with Crippen molar-refractivity contribution >= 4 is 56.5 Å². The molecule has 0 aliphatic heterocycles. The maximum absolute atomic E-state index is 13.0. The van der Waals surface area contributed by atoms with Crippen LogP contribution in [0.2, 0.25) is 0 Å². The van der Waals surface area contributed by atoms with Crippen molar-refractivity contribution in [3.63, 3.8) is 0 Å². The third-order valence-corrected chi connectivity index (χ3v) is 6.76. The largest absolute Gasteiger partial charge is 0.334 e. The molecule has 4 aromatic rings. The second-order valence-corrected chi connectivity index (χ2v) is 9.44. The van der Waals surface area contributed by atoms with Gasteiger partial charge in [-0.1, -0.05) is 42.1 Å². The number of aromatic nitrogens is 2. The number of anilines is 2. The minimum absolute atomic E-state index is 0.171. The number of carbonyl (C=O) groups excluding carboxylic acids is 2. The van der Waals surface area contributed by atoms with Crippen LogP contribution in [-0.4, -0.2) is 26.7 Å². The lowest BCUT2D eigenvalue weighted by Crippen LogP contribution is -2.31. The molecule has 0 aliphatic rings. The maximum Gasteiger partial charge on any atom is 0.282 e. The van der Waals surface area contributed by atoms with Gasteiger partial charge in [0, 0.05) is 29.2 Å². The number of thiophene rings is 1. The van der Waals surface area contributed by atoms with Gasteiger partial charge in [0.2, 0.25) is 11.8 Å². The molecule has 33 heavy (non-hydrogen) atoms. The zero-order valence-corrected chi connectivity index (χ0v) is 19.5. The van der Waals surface area contributed by atoms with Crippen LogP contribution in [0.25, 0.3) is 21.3 Å². The van der Waals surface area contributed by atoms with E-state index in [2.05, 4.69) is 15.6 Å². The summed E-state index contributed by atoms with van der Waals surface area (Å²) in [6.45, 7) is 3.14. The highest BCUT2D eigenvalue weighted by molar-refractivity contribution is 8.00. The van der Waals surface area contributed by atoms with E-state index in [4.69, 9.17) is 5.84 Å². The van der Waals surface area contributed by atoms with Gasteiger partial charge in [-0.3, -0.25) is 14.4 Å². The fraction of sp³-hybridized carbons (Fsp3) is 0.130. The number of rotatable bonds is 6. The Kier molecular flexibility index (Phi) is 6.47. The SMILES string of the molecule is CC(=O)Nc1ccc(NC(=O)C(C)Sc2nc3scc(-c4ccccc4)c3c(=O)n2N)cc1. The minimum Gasteiger partial charge on any atom is -0.334 e. The third kappa shape index (κ3) is 4.91. The molecule has 0 radical (unpaired) electrons. The minimum atomic E-state index is -0.562. The summed E-state index contributed by atoms with van der Waals surface area (Å²) in [5.74, 6) is 5.63. The smallest absolute Gasteiger partial charge is 0.282 e. The van der Waals surface area contributed by atoms with Gasteiger partial charge in [0.25, 0.3) is 5.56 Å². The zero-order valence-electron chi connectivity index (χ0n) is 17.9. The number of nitrogens with two attached hydrogens (primary N) is 1. The number of carbonyl (C=O) groups is 2. The highest BCUT2D eigenvalue weighted by atomic mass is 32.2. The summed E-state index contributed by atoms with van der Waals surface area (Å²) >= 11 is 2.47. The summed E-state index contributed by atoms with van der Waals surface area (Å²) < 4.78 is 0.998. The molecule has 1 unspecified atom stereocenters. The first-order valence-electron chi connectivity index (χ1n) is 10.0. The van der Waals surface area contributed by atoms with Crippen molar-refractivity contribution in [3.05, 3.63) is 70.3 Å². The van der Waals surface area contributed by atoms with Crippen LogP contribution in [0.4, 0.5) is 11.4 Å². The molecule has 2 aromatic heterocycles. The predicted octanol–water partition coefficient (Wildman–Crippen LogP) is 3.92. The number of thioether (sulfide) groups is 1. The van der Waals surface area contributed by atoms with Gasteiger partial charge in [-0.15, -0.1) is 11.3 Å². The molecular weight excluding hydrogens is 458 g/mol. The van der Waals surface area contributed by atoms with E-state index in [-0.39, 0.29) is 22.5 Å². The van der Waals surface area contributed by atoms with Crippen LogP contribution >= 0.6 is 23.1 Å². The summed E-state index contributed by atoms with van der Waals surface area (Å²) in [5, 5.41) is 7.54. The van der Waals surface area contributed by atoms with Crippen LogP contribution in [0.3, 0.4) is 0 Å². The third-order valence-electron chi connectivity index (χ3n) is 4.82. The van der Waals surface area contributed by atoms with E-state index < -0.39 is 5.25 Å². The number of hydrogen-bond donors (Lipinski definition) is 3. The molecule has 4 rings (SSSR count). The molecule has 0 aliphatic carbocycles. The van der Waals surface area contributed by atoms with E-state index in [0.717, 1.165) is 27.6 Å². The first-order chi connectivity index (χ1) is 15.8. The standard InChI is InChI=1S/C23H21N5O3S2/c1-13(20(30)26-17-10-8-16(9-11-17)25-14(2)29)33-23-27-21-19(22(31)28(23)24)18(12-32-21)15-6-4-3-5-7-15/h3-13H,24H2,1-2H3,(H,25,29)(H,26,30). The highest BCUT2D eigenvalue weighted by Gasteiger charge is 2.21. The normalized spacial score (nSPS) is 11.8. The van der Waals surface area contributed by atoms with Gasteiger partial charge >= 0.3 is 0 Å². The second-order valence-electron chi connectivity index (χ2n) is 7.27. The average Bonchev–Trinajstić information content (AvgIpc) is 3.22. The monoisotopic (exact) mass is 479 g/mol. The Morgan fingerprint density at radius 3 is 2.33 bits per heavy atom. The van der Waals surface area contributed by atoms with Crippen molar-refractivity contribution in [2.75, 3.05) is 16.5 Å². The Morgan fingerprint density at radius 2 is 1.70 bits per heavy atom. The summed E-state index contributed by atoms with van der Waals surface area (Å²) in [6.07, 6.45) is 0. The van der Waals surface area contributed by atoms with Crippen molar-refractivity contribution in [1.82, 2.24) is 9.66 Å². The lowest BCUT2D eigenvalue weighted by atomic mass is 10.1. The molecule has 0 saturated carbocycles. The van der Waals surface area contributed by atoms with Crippen LogP contribution < -0.4 is 22.0 Å². The van der Waals surface area contributed by atoms with E-state index in [1.54, 1.807) is 31.2 Å². The highest BCUT2D eigenvalue weighted by Crippen LogP contribution is 2.32. The molecule has 0 bridgehead atoms. The average molecular weight is 480 g/mol. The van der Waals surface area contributed by atoms with E-state index in [1.165, 1.54) is 18.3 Å². The van der Waals surface area contributed by atoms with Crippen molar-refractivity contribution in [2.24, 2.45) is 0 Å². The van der Waals surface area contributed by atoms with Gasteiger partial charge in [-0.05, 0) is 36.8 Å². The number of amides is 2. The fourth-order valence-electron chi connectivity index (χ4n) is 3.19. The summed E-state index contributed by atoms with van der Waals surface area (Å²) in [7, 11) is 0. The van der Waals surface area contributed by atoms with Crippen LogP contribution in [0.1, 0.15) is 13.8 Å². The second kappa shape index (κ2) is 9.47. The Labute approximate surface area is 197 Å². The number of nitrogen functional groups attached to an aromatic ring is 1. The number of nitrogens with zero attached hydrogens (tertiary/aromatic N) is 2. The lowest BCUT2D eigenvalue weighted by Gasteiger charge is -2.14. The number of hydrogen-bond acceptors (Lipinski definition) is 7. The van der Waals surface area contributed by atoms with Crippen LogP contribution in [0.15, 0.2) is 69.9 Å². The maximum atomic E-state index is 13.0. The molecule has 10 heteroatoms. The van der Waals surface area contributed by atoms with Gasteiger partial charge < -0.3 is 16.5 Å². The first kappa shape index (κ1) is 22.6. The quantitative estimate of drug-likeness (QED) is 0.219. The zero-order chi connectivity index (χ0) is 23.5. The molecule has 2 amide bonds. The Hall–Kier alpha value is -3.63. The summed E-state index contributed by atoms with van der Waals surface area (Å²) in [5.41, 5.74) is 2.57. The topological polar surface area (TPSA) is 119 Å². The molecule has 8 nitrogen and oxygen atoms in total. The van der Waals surface area contributed by atoms with E-state index in [1.807, 2.05) is 35.7 Å². The Bertz CT molecular complexity index is 1380. The predicted molar refractivity (Wildman–Crippen MR) is 134 cm³/mol. The van der Waals surface area contributed by atoms with Crippen LogP contribution in [0.5, 0.6) is 0 Å². The van der Waals surface area contributed by atoms with Gasteiger partial charge in [0.1, 0.15) is 4.83 Å². The van der Waals surface area contributed by atoms with Crippen molar-refractivity contribution in [1.29, 1.82) is 0 Å². The number of fused-ring (bicyclic) bond motifs is 1.